The Kier molecular flexibility index (Phi) is 5.80. The first-order chi connectivity index (χ1) is 8.85. The molecule has 0 fully saturated rings. The second-order valence-electron chi connectivity index (χ2n) is 5.46. The zero-order chi connectivity index (χ0) is 14.6. The number of amides is 1. The third kappa shape index (κ3) is 4.50. The zero-order valence-electron chi connectivity index (χ0n) is 12.4. The van der Waals surface area contributed by atoms with Gasteiger partial charge in [-0.25, -0.2) is 4.98 Å². The van der Waals surface area contributed by atoms with Crippen molar-refractivity contribution in [3.8, 4) is 0 Å². The minimum absolute atomic E-state index is 0.00602. The summed E-state index contributed by atoms with van der Waals surface area (Å²) in [5.41, 5.74) is 1.47. The van der Waals surface area contributed by atoms with E-state index in [0.717, 1.165) is 18.7 Å². The van der Waals surface area contributed by atoms with Crippen LogP contribution in [-0.2, 0) is 0 Å². The summed E-state index contributed by atoms with van der Waals surface area (Å²) in [6.07, 6.45) is 1.06. The molecule has 0 aliphatic rings. The minimum atomic E-state index is 0.00602. The van der Waals surface area contributed by atoms with Gasteiger partial charge in [-0.3, -0.25) is 4.79 Å². The molecule has 0 aromatic carbocycles. The molecule has 0 radical (unpaired) electrons. The van der Waals surface area contributed by atoms with Gasteiger partial charge in [-0.1, -0.05) is 45.7 Å². The Hall–Kier alpha value is -1.09. The van der Waals surface area contributed by atoms with Crippen LogP contribution in [0.2, 0.25) is 5.15 Å². The van der Waals surface area contributed by atoms with Crippen LogP contribution in [0.15, 0.2) is 12.1 Å². The minimum Gasteiger partial charge on any atom is -0.341 e. The summed E-state index contributed by atoms with van der Waals surface area (Å²) >= 11 is 5.99. The normalized spacial score (nSPS) is 12.6. The Morgan fingerprint density at radius 3 is 2.53 bits per heavy atom. The topological polar surface area (TPSA) is 33.2 Å². The van der Waals surface area contributed by atoms with Crippen LogP contribution in [0.3, 0.4) is 0 Å². The van der Waals surface area contributed by atoms with E-state index in [0.29, 0.717) is 16.6 Å². The summed E-state index contributed by atoms with van der Waals surface area (Å²) in [6, 6.07) is 3.48. The van der Waals surface area contributed by atoms with Gasteiger partial charge in [0, 0.05) is 24.8 Å². The molecule has 3 nitrogen and oxygen atoms in total. The highest BCUT2D eigenvalue weighted by atomic mass is 35.5. The van der Waals surface area contributed by atoms with E-state index in [-0.39, 0.29) is 11.8 Å². The maximum absolute atomic E-state index is 12.4. The van der Waals surface area contributed by atoms with Crippen LogP contribution in [-0.4, -0.2) is 29.4 Å². The first-order valence-electron chi connectivity index (χ1n) is 6.78. The molecule has 0 aliphatic carbocycles. The molecule has 1 heterocycles. The number of aromatic nitrogens is 1. The number of nitrogens with zero attached hydrogens (tertiary/aromatic N) is 2. The van der Waals surface area contributed by atoms with Gasteiger partial charge in [0.05, 0.1) is 0 Å². The third-order valence-electron chi connectivity index (χ3n) is 3.28. The van der Waals surface area contributed by atoms with Crippen molar-refractivity contribution in [1.29, 1.82) is 0 Å². The lowest BCUT2D eigenvalue weighted by Crippen LogP contribution is -2.31. The Labute approximate surface area is 121 Å². The van der Waals surface area contributed by atoms with E-state index < -0.39 is 0 Å². The first-order valence-corrected chi connectivity index (χ1v) is 7.15. The van der Waals surface area contributed by atoms with E-state index in [1.54, 1.807) is 11.0 Å². The fraction of sp³-hybridized carbons (Fsp3) is 0.600. The second kappa shape index (κ2) is 6.90. The molecular formula is C15H23ClN2O. The Morgan fingerprint density at radius 2 is 2.00 bits per heavy atom. The van der Waals surface area contributed by atoms with Crippen molar-refractivity contribution in [1.82, 2.24) is 9.88 Å². The molecule has 19 heavy (non-hydrogen) atoms. The molecule has 1 aromatic rings. The highest BCUT2D eigenvalue weighted by Gasteiger charge is 2.16. The summed E-state index contributed by atoms with van der Waals surface area (Å²) in [4.78, 5) is 18.4. The van der Waals surface area contributed by atoms with Crippen molar-refractivity contribution in [2.45, 2.75) is 40.0 Å². The zero-order valence-corrected chi connectivity index (χ0v) is 13.2. The molecule has 1 amide bonds. The van der Waals surface area contributed by atoms with Crippen LogP contribution < -0.4 is 0 Å². The number of hydrogen-bond acceptors (Lipinski definition) is 2. The van der Waals surface area contributed by atoms with E-state index in [2.05, 4.69) is 18.8 Å². The van der Waals surface area contributed by atoms with Crippen molar-refractivity contribution in [2.75, 3.05) is 13.6 Å². The van der Waals surface area contributed by atoms with E-state index in [1.807, 2.05) is 27.0 Å². The number of carbonyl (C=O) groups is 1. The largest absolute Gasteiger partial charge is 0.341 e. The summed E-state index contributed by atoms with van der Waals surface area (Å²) < 4.78 is 0. The SMILES string of the molecule is CCC(C)CN(C)C(=O)c1cc(Cl)nc(C(C)C)c1. The number of hydrogen-bond donors (Lipinski definition) is 0. The Bertz CT molecular complexity index is 446. The molecule has 4 heteroatoms. The summed E-state index contributed by atoms with van der Waals surface area (Å²) in [6.45, 7) is 9.10. The first kappa shape index (κ1) is 16.0. The molecule has 0 N–H and O–H groups in total. The van der Waals surface area contributed by atoms with Crippen LogP contribution in [0.1, 0.15) is 56.1 Å². The lowest BCUT2D eigenvalue weighted by atomic mass is 10.1. The quantitative estimate of drug-likeness (QED) is 0.766. The van der Waals surface area contributed by atoms with Crippen LogP contribution in [0, 0.1) is 5.92 Å². The van der Waals surface area contributed by atoms with Gasteiger partial charge in [-0.05, 0) is 24.0 Å². The number of rotatable bonds is 5. The van der Waals surface area contributed by atoms with Gasteiger partial charge in [-0.15, -0.1) is 0 Å². The van der Waals surface area contributed by atoms with Crippen molar-refractivity contribution >= 4 is 17.5 Å². The molecule has 0 saturated carbocycles. The monoisotopic (exact) mass is 282 g/mol. The fourth-order valence-corrected chi connectivity index (χ4v) is 2.05. The van der Waals surface area contributed by atoms with E-state index >= 15 is 0 Å². The smallest absolute Gasteiger partial charge is 0.253 e. The molecule has 0 bridgehead atoms. The molecule has 1 aromatic heterocycles. The van der Waals surface area contributed by atoms with E-state index in [4.69, 9.17) is 11.6 Å². The average Bonchev–Trinajstić information content (AvgIpc) is 2.36. The maximum atomic E-state index is 12.4. The average molecular weight is 283 g/mol. The third-order valence-corrected chi connectivity index (χ3v) is 3.48. The lowest BCUT2D eigenvalue weighted by molar-refractivity contribution is 0.0774. The van der Waals surface area contributed by atoms with E-state index in [9.17, 15) is 4.79 Å². The Balaban J connectivity index is 2.93. The second-order valence-corrected chi connectivity index (χ2v) is 5.84. The number of pyridine rings is 1. The highest BCUT2D eigenvalue weighted by molar-refractivity contribution is 6.29. The summed E-state index contributed by atoms with van der Waals surface area (Å²) in [5, 5.41) is 0.381. The van der Waals surface area contributed by atoms with Crippen LogP contribution >= 0.6 is 11.6 Å². The molecule has 0 spiro atoms. The van der Waals surface area contributed by atoms with Gasteiger partial charge in [0.1, 0.15) is 5.15 Å². The molecule has 1 atom stereocenters. The van der Waals surface area contributed by atoms with E-state index in [1.165, 1.54) is 0 Å². The molecule has 1 unspecified atom stereocenters. The van der Waals surface area contributed by atoms with Crippen molar-refractivity contribution in [2.24, 2.45) is 5.92 Å². The van der Waals surface area contributed by atoms with Gasteiger partial charge >= 0.3 is 0 Å². The molecule has 1 rings (SSSR count). The van der Waals surface area contributed by atoms with Crippen LogP contribution in [0.5, 0.6) is 0 Å². The Morgan fingerprint density at radius 1 is 1.37 bits per heavy atom. The van der Waals surface area contributed by atoms with Gasteiger partial charge in [0.15, 0.2) is 0 Å². The molecule has 0 saturated heterocycles. The molecule has 106 valence electrons. The predicted molar refractivity (Wildman–Crippen MR) is 79.8 cm³/mol. The van der Waals surface area contributed by atoms with Gasteiger partial charge in [0.25, 0.3) is 5.91 Å². The lowest BCUT2D eigenvalue weighted by Gasteiger charge is -2.21. The standard InChI is InChI=1S/C15H23ClN2O/c1-6-11(4)9-18(5)15(19)12-7-13(10(2)3)17-14(16)8-12/h7-8,10-11H,6,9H2,1-5H3. The van der Waals surface area contributed by atoms with Crippen LogP contribution in [0.4, 0.5) is 0 Å². The molecular weight excluding hydrogens is 260 g/mol. The van der Waals surface area contributed by atoms with Crippen molar-refractivity contribution in [3.63, 3.8) is 0 Å². The summed E-state index contributed by atoms with van der Waals surface area (Å²) in [7, 11) is 1.83. The van der Waals surface area contributed by atoms with Gasteiger partial charge < -0.3 is 4.90 Å². The fourth-order valence-electron chi connectivity index (χ4n) is 1.84. The number of halogens is 1. The van der Waals surface area contributed by atoms with Crippen molar-refractivity contribution in [3.05, 3.63) is 28.5 Å². The number of carbonyl (C=O) groups excluding carboxylic acids is 1. The van der Waals surface area contributed by atoms with Gasteiger partial charge in [-0.2, -0.15) is 0 Å². The van der Waals surface area contributed by atoms with Gasteiger partial charge in [0.2, 0.25) is 0 Å². The van der Waals surface area contributed by atoms with Crippen LogP contribution in [0.25, 0.3) is 0 Å². The molecule has 0 aliphatic heterocycles. The summed E-state index contributed by atoms with van der Waals surface area (Å²) in [5.74, 6) is 0.757. The van der Waals surface area contributed by atoms with Crippen molar-refractivity contribution < 1.29 is 4.79 Å². The maximum Gasteiger partial charge on any atom is 0.253 e. The highest BCUT2D eigenvalue weighted by Crippen LogP contribution is 2.19. The predicted octanol–water partition coefficient (Wildman–Crippen LogP) is 3.98.